The molecule has 1 amide bonds. The quantitative estimate of drug-likeness (QED) is 0.626. The number of halogens is 2. The fourth-order valence-corrected chi connectivity index (χ4v) is 4.37. The molecule has 6 heteroatoms. The van der Waals surface area contributed by atoms with Gasteiger partial charge in [0.25, 0.3) is 0 Å². The van der Waals surface area contributed by atoms with Crippen LogP contribution in [0.5, 0.6) is 0 Å². The van der Waals surface area contributed by atoms with E-state index in [-0.39, 0.29) is 17.6 Å². The topological polar surface area (TPSA) is 32.3 Å². The van der Waals surface area contributed by atoms with Crippen molar-refractivity contribution in [2.45, 2.75) is 25.1 Å². The smallest absolute Gasteiger partial charge is 0.224 e. The number of thioether (sulfide) groups is 1. The standard InChI is InChI=1S/C22H26ClFN2OS/c23-20-7-3-18(4-8-20)16-28-13-11-25-22(27)19-2-1-12-26(15-19)14-17-5-9-21(24)10-6-17/h3-10,19H,1-2,11-16H2,(H,25,27)/t19-/m0/s1. The van der Waals surface area contributed by atoms with Crippen LogP contribution >= 0.6 is 23.4 Å². The van der Waals surface area contributed by atoms with Crippen LogP contribution in [0, 0.1) is 11.7 Å². The molecule has 3 nitrogen and oxygen atoms in total. The molecule has 0 spiro atoms. The SMILES string of the molecule is O=C(NCCSCc1ccc(Cl)cc1)[C@H]1CCCN(Cc2ccc(F)cc2)C1. The molecule has 150 valence electrons. The maximum absolute atomic E-state index is 13.0. The minimum Gasteiger partial charge on any atom is -0.355 e. The summed E-state index contributed by atoms with van der Waals surface area (Å²) < 4.78 is 13.0. The Hall–Kier alpha value is -1.56. The largest absolute Gasteiger partial charge is 0.355 e. The molecule has 28 heavy (non-hydrogen) atoms. The lowest BCUT2D eigenvalue weighted by Crippen LogP contribution is -2.43. The Morgan fingerprint density at radius 2 is 1.86 bits per heavy atom. The number of rotatable bonds is 8. The maximum Gasteiger partial charge on any atom is 0.224 e. The Balaban J connectivity index is 1.35. The number of likely N-dealkylation sites (tertiary alicyclic amines) is 1. The first-order valence-electron chi connectivity index (χ1n) is 9.67. The molecule has 1 N–H and O–H groups in total. The van der Waals surface area contributed by atoms with Crippen LogP contribution in [0.2, 0.25) is 5.02 Å². The minimum atomic E-state index is -0.214. The zero-order valence-corrected chi connectivity index (χ0v) is 17.4. The molecule has 1 aliphatic rings. The molecular formula is C22H26ClFN2OS. The van der Waals surface area contributed by atoms with E-state index in [4.69, 9.17) is 11.6 Å². The number of hydrogen-bond acceptors (Lipinski definition) is 3. The van der Waals surface area contributed by atoms with Gasteiger partial charge in [0, 0.05) is 36.2 Å². The molecule has 0 saturated carbocycles. The van der Waals surface area contributed by atoms with Gasteiger partial charge in [0.05, 0.1) is 5.92 Å². The van der Waals surface area contributed by atoms with Crippen LogP contribution in [0.1, 0.15) is 24.0 Å². The number of carbonyl (C=O) groups excluding carboxylic acids is 1. The zero-order chi connectivity index (χ0) is 19.8. The normalized spacial score (nSPS) is 17.4. The molecule has 1 saturated heterocycles. The lowest BCUT2D eigenvalue weighted by Gasteiger charge is -2.32. The highest BCUT2D eigenvalue weighted by Gasteiger charge is 2.25. The van der Waals surface area contributed by atoms with E-state index >= 15 is 0 Å². The summed E-state index contributed by atoms with van der Waals surface area (Å²) in [5.74, 6) is 1.78. The summed E-state index contributed by atoms with van der Waals surface area (Å²) in [5, 5.41) is 3.83. The molecule has 0 radical (unpaired) electrons. The Morgan fingerprint density at radius 3 is 2.61 bits per heavy atom. The highest BCUT2D eigenvalue weighted by atomic mass is 35.5. The van der Waals surface area contributed by atoms with Crippen molar-refractivity contribution < 1.29 is 9.18 Å². The summed E-state index contributed by atoms with van der Waals surface area (Å²) in [4.78, 5) is 14.8. The Labute approximate surface area is 175 Å². The first-order chi connectivity index (χ1) is 13.6. The molecule has 1 fully saturated rings. The Bertz CT molecular complexity index is 754. The number of amides is 1. The third-order valence-electron chi connectivity index (χ3n) is 4.92. The van der Waals surface area contributed by atoms with Crippen LogP contribution in [0.25, 0.3) is 0 Å². The fourth-order valence-electron chi connectivity index (χ4n) is 3.42. The summed E-state index contributed by atoms with van der Waals surface area (Å²) in [5.41, 5.74) is 2.32. The monoisotopic (exact) mass is 420 g/mol. The molecule has 0 aliphatic carbocycles. The number of benzene rings is 2. The second kappa shape index (κ2) is 10.8. The molecule has 2 aromatic rings. The van der Waals surface area contributed by atoms with Gasteiger partial charge in [0.15, 0.2) is 0 Å². The van der Waals surface area contributed by atoms with Crippen LogP contribution in [0.4, 0.5) is 4.39 Å². The summed E-state index contributed by atoms with van der Waals surface area (Å²) in [6, 6.07) is 14.5. The van der Waals surface area contributed by atoms with E-state index in [9.17, 15) is 9.18 Å². The molecular weight excluding hydrogens is 395 g/mol. The highest BCUT2D eigenvalue weighted by Crippen LogP contribution is 2.19. The Kier molecular flexibility index (Phi) is 8.19. The van der Waals surface area contributed by atoms with Gasteiger partial charge in [0.2, 0.25) is 5.91 Å². The third-order valence-corrected chi connectivity index (χ3v) is 6.21. The number of nitrogens with one attached hydrogen (secondary N) is 1. The Morgan fingerprint density at radius 1 is 1.14 bits per heavy atom. The molecule has 1 aliphatic heterocycles. The van der Waals surface area contributed by atoms with Gasteiger partial charge >= 0.3 is 0 Å². The molecule has 0 aromatic heterocycles. The van der Waals surface area contributed by atoms with Gasteiger partial charge in [-0.05, 0) is 54.8 Å². The molecule has 1 heterocycles. The van der Waals surface area contributed by atoms with Crippen LogP contribution in [-0.4, -0.2) is 36.2 Å². The van der Waals surface area contributed by atoms with Crippen LogP contribution < -0.4 is 5.32 Å². The lowest BCUT2D eigenvalue weighted by atomic mass is 9.96. The minimum absolute atomic E-state index is 0.0375. The van der Waals surface area contributed by atoms with Gasteiger partial charge in [-0.15, -0.1) is 0 Å². The van der Waals surface area contributed by atoms with Crippen molar-refractivity contribution in [3.63, 3.8) is 0 Å². The molecule has 0 unspecified atom stereocenters. The van der Waals surface area contributed by atoms with Crippen molar-refractivity contribution in [2.75, 3.05) is 25.4 Å². The lowest BCUT2D eigenvalue weighted by molar-refractivity contribution is -0.126. The van der Waals surface area contributed by atoms with Crippen molar-refractivity contribution in [3.8, 4) is 0 Å². The second-order valence-corrected chi connectivity index (χ2v) is 8.71. The molecule has 0 bridgehead atoms. The van der Waals surface area contributed by atoms with E-state index in [1.54, 1.807) is 11.8 Å². The summed E-state index contributed by atoms with van der Waals surface area (Å²) >= 11 is 7.70. The van der Waals surface area contributed by atoms with Crippen molar-refractivity contribution in [1.29, 1.82) is 0 Å². The summed E-state index contributed by atoms with van der Waals surface area (Å²) in [6.07, 6.45) is 1.95. The number of piperidine rings is 1. The van der Waals surface area contributed by atoms with Crippen LogP contribution in [0.3, 0.4) is 0 Å². The zero-order valence-electron chi connectivity index (χ0n) is 15.9. The van der Waals surface area contributed by atoms with Gasteiger partial charge in [0.1, 0.15) is 5.82 Å². The van der Waals surface area contributed by atoms with Gasteiger partial charge < -0.3 is 5.32 Å². The second-order valence-electron chi connectivity index (χ2n) is 7.17. The van der Waals surface area contributed by atoms with E-state index in [0.717, 1.165) is 54.6 Å². The predicted molar refractivity (Wildman–Crippen MR) is 115 cm³/mol. The van der Waals surface area contributed by atoms with Crippen molar-refractivity contribution >= 4 is 29.3 Å². The summed E-state index contributed by atoms with van der Waals surface area (Å²) in [6.45, 7) is 3.20. The van der Waals surface area contributed by atoms with Crippen LogP contribution in [0.15, 0.2) is 48.5 Å². The number of hydrogen-bond donors (Lipinski definition) is 1. The van der Waals surface area contributed by atoms with Crippen molar-refractivity contribution in [1.82, 2.24) is 10.2 Å². The van der Waals surface area contributed by atoms with E-state index in [0.29, 0.717) is 6.54 Å². The van der Waals surface area contributed by atoms with E-state index in [1.807, 2.05) is 36.4 Å². The molecule has 2 aromatic carbocycles. The van der Waals surface area contributed by atoms with E-state index in [1.165, 1.54) is 17.7 Å². The van der Waals surface area contributed by atoms with Gasteiger partial charge in [-0.25, -0.2) is 4.39 Å². The van der Waals surface area contributed by atoms with E-state index in [2.05, 4.69) is 10.2 Å². The van der Waals surface area contributed by atoms with Crippen molar-refractivity contribution in [3.05, 3.63) is 70.5 Å². The van der Waals surface area contributed by atoms with E-state index < -0.39 is 0 Å². The van der Waals surface area contributed by atoms with Gasteiger partial charge in [-0.2, -0.15) is 11.8 Å². The number of carbonyl (C=O) groups is 1. The summed E-state index contributed by atoms with van der Waals surface area (Å²) in [7, 11) is 0. The third kappa shape index (κ3) is 6.80. The average Bonchev–Trinajstić information content (AvgIpc) is 2.71. The predicted octanol–water partition coefficient (Wildman–Crippen LogP) is 4.74. The van der Waals surface area contributed by atoms with Gasteiger partial charge in [-0.1, -0.05) is 35.9 Å². The highest BCUT2D eigenvalue weighted by molar-refractivity contribution is 7.98. The first-order valence-corrected chi connectivity index (χ1v) is 11.2. The van der Waals surface area contributed by atoms with Crippen LogP contribution in [-0.2, 0) is 17.1 Å². The maximum atomic E-state index is 13.0. The number of nitrogens with zero attached hydrogens (tertiary/aromatic N) is 1. The molecule has 1 atom stereocenters. The average molecular weight is 421 g/mol. The first kappa shape index (κ1) is 21.2. The molecule has 3 rings (SSSR count). The van der Waals surface area contributed by atoms with Crippen molar-refractivity contribution in [2.24, 2.45) is 5.92 Å². The van der Waals surface area contributed by atoms with Gasteiger partial charge in [-0.3, -0.25) is 9.69 Å². The fraction of sp³-hybridized carbons (Fsp3) is 0.409.